The van der Waals surface area contributed by atoms with Crippen LogP contribution in [-0.4, -0.2) is 46.4 Å². The van der Waals surface area contributed by atoms with Gasteiger partial charge in [0.1, 0.15) is 0 Å². The van der Waals surface area contributed by atoms with Gasteiger partial charge in [-0.05, 0) is 44.5 Å². The molecule has 1 amide bonds. The monoisotopic (exact) mass is 356 g/mol. The van der Waals surface area contributed by atoms with E-state index in [0.717, 1.165) is 43.7 Å². The highest BCUT2D eigenvalue weighted by atomic mass is 16.6. The molecule has 1 aliphatic heterocycles. The number of nitrogens with zero attached hydrogens (tertiary/aromatic N) is 3. The number of rotatable bonds is 7. The number of benzene rings is 1. The number of amides is 1. The fraction of sp³-hybridized carbons (Fsp3) is 0.500. The van der Waals surface area contributed by atoms with Crippen molar-refractivity contribution in [1.29, 1.82) is 0 Å². The SMILES string of the molecule is CCCc1c(OC(=O)NCC2CCCN2CC)cnn1-c1ccccc1. The van der Waals surface area contributed by atoms with Gasteiger partial charge in [0.2, 0.25) is 0 Å². The molecule has 0 aliphatic carbocycles. The van der Waals surface area contributed by atoms with Gasteiger partial charge in [-0.25, -0.2) is 9.48 Å². The quantitative estimate of drug-likeness (QED) is 0.826. The molecular formula is C20H28N4O2. The van der Waals surface area contributed by atoms with Gasteiger partial charge in [-0.1, -0.05) is 38.5 Å². The third kappa shape index (κ3) is 4.25. The lowest BCUT2D eigenvalue weighted by atomic mass is 10.2. The molecule has 6 nitrogen and oxygen atoms in total. The van der Waals surface area contributed by atoms with Gasteiger partial charge in [0.05, 0.1) is 17.6 Å². The molecule has 2 aromatic rings. The van der Waals surface area contributed by atoms with E-state index in [1.54, 1.807) is 6.20 Å². The van der Waals surface area contributed by atoms with Crippen molar-refractivity contribution in [3.8, 4) is 11.4 Å². The third-order valence-electron chi connectivity index (χ3n) is 4.91. The van der Waals surface area contributed by atoms with Gasteiger partial charge in [-0.3, -0.25) is 4.90 Å². The number of carbonyl (C=O) groups excluding carboxylic acids is 1. The van der Waals surface area contributed by atoms with E-state index >= 15 is 0 Å². The molecule has 0 saturated carbocycles. The summed E-state index contributed by atoms with van der Waals surface area (Å²) in [6.45, 7) is 7.02. The summed E-state index contributed by atoms with van der Waals surface area (Å²) >= 11 is 0. The summed E-state index contributed by atoms with van der Waals surface area (Å²) in [7, 11) is 0. The average molecular weight is 356 g/mol. The van der Waals surface area contributed by atoms with Gasteiger partial charge < -0.3 is 10.1 Å². The fourth-order valence-corrected chi connectivity index (χ4v) is 3.58. The lowest BCUT2D eigenvalue weighted by molar-refractivity contribution is 0.192. The van der Waals surface area contributed by atoms with Crippen molar-refractivity contribution in [1.82, 2.24) is 20.0 Å². The second-order valence-corrected chi connectivity index (χ2v) is 6.65. The number of likely N-dealkylation sites (N-methyl/N-ethyl adjacent to an activating group) is 1. The van der Waals surface area contributed by atoms with Crippen LogP contribution in [0.5, 0.6) is 5.75 Å². The Kier molecular flexibility index (Phi) is 6.28. The maximum Gasteiger partial charge on any atom is 0.412 e. The molecule has 0 bridgehead atoms. The Balaban J connectivity index is 1.65. The Hall–Kier alpha value is -2.34. The highest BCUT2D eigenvalue weighted by Gasteiger charge is 2.24. The first-order valence-corrected chi connectivity index (χ1v) is 9.55. The van der Waals surface area contributed by atoms with Crippen LogP contribution in [0.1, 0.15) is 38.8 Å². The van der Waals surface area contributed by atoms with E-state index in [1.165, 1.54) is 6.42 Å². The first-order chi connectivity index (χ1) is 12.7. The number of aromatic nitrogens is 2. The number of ether oxygens (including phenoxy) is 1. The number of likely N-dealkylation sites (tertiary alicyclic amines) is 1. The van der Waals surface area contributed by atoms with Gasteiger partial charge in [0.25, 0.3) is 0 Å². The zero-order valence-electron chi connectivity index (χ0n) is 15.6. The minimum absolute atomic E-state index is 0.405. The highest BCUT2D eigenvalue weighted by Crippen LogP contribution is 2.23. The standard InChI is InChI=1S/C20H28N4O2/c1-3-9-18-19(15-22-24(18)16-10-6-5-7-11-16)26-20(25)21-14-17-12-8-13-23(17)4-2/h5-7,10-11,15,17H,3-4,8-9,12-14H2,1-2H3,(H,21,25). The van der Waals surface area contributed by atoms with Crippen molar-refractivity contribution in [2.45, 2.75) is 45.6 Å². The third-order valence-corrected chi connectivity index (χ3v) is 4.91. The van der Waals surface area contributed by atoms with Crippen molar-refractivity contribution in [3.63, 3.8) is 0 Å². The largest absolute Gasteiger partial charge is 0.412 e. The van der Waals surface area contributed by atoms with Crippen LogP contribution in [0.25, 0.3) is 5.69 Å². The zero-order chi connectivity index (χ0) is 18.4. The molecule has 26 heavy (non-hydrogen) atoms. The fourth-order valence-electron chi connectivity index (χ4n) is 3.58. The van der Waals surface area contributed by atoms with Crippen LogP contribution in [-0.2, 0) is 6.42 Å². The van der Waals surface area contributed by atoms with Crippen molar-refractivity contribution in [2.75, 3.05) is 19.6 Å². The number of hydrogen-bond donors (Lipinski definition) is 1. The van der Waals surface area contributed by atoms with Crippen molar-refractivity contribution in [3.05, 3.63) is 42.2 Å². The molecule has 1 aliphatic rings. The number of hydrogen-bond acceptors (Lipinski definition) is 4. The lowest BCUT2D eigenvalue weighted by Crippen LogP contribution is -2.41. The smallest absolute Gasteiger partial charge is 0.407 e. The first-order valence-electron chi connectivity index (χ1n) is 9.55. The molecule has 0 radical (unpaired) electrons. The second kappa shape index (κ2) is 8.85. The van der Waals surface area contributed by atoms with Crippen molar-refractivity contribution < 1.29 is 9.53 Å². The topological polar surface area (TPSA) is 59.4 Å². The molecule has 1 aromatic carbocycles. The van der Waals surface area contributed by atoms with E-state index in [4.69, 9.17) is 4.74 Å². The summed E-state index contributed by atoms with van der Waals surface area (Å²) in [5.74, 6) is 0.534. The van der Waals surface area contributed by atoms with Gasteiger partial charge in [0.15, 0.2) is 5.75 Å². The summed E-state index contributed by atoms with van der Waals surface area (Å²) in [5.41, 5.74) is 1.89. The molecular weight excluding hydrogens is 328 g/mol. The number of carbonyl (C=O) groups is 1. The Morgan fingerprint density at radius 2 is 2.12 bits per heavy atom. The molecule has 1 atom stereocenters. The molecule has 0 spiro atoms. The minimum atomic E-state index is -0.405. The van der Waals surface area contributed by atoms with E-state index in [9.17, 15) is 4.79 Å². The van der Waals surface area contributed by atoms with Crippen molar-refractivity contribution >= 4 is 6.09 Å². The summed E-state index contributed by atoms with van der Waals surface area (Å²) < 4.78 is 7.43. The molecule has 1 unspecified atom stereocenters. The van der Waals surface area contributed by atoms with E-state index in [2.05, 4.69) is 29.2 Å². The van der Waals surface area contributed by atoms with Crippen LogP contribution >= 0.6 is 0 Å². The Morgan fingerprint density at radius 3 is 2.85 bits per heavy atom. The van der Waals surface area contributed by atoms with Gasteiger partial charge in [0, 0.05) is 12.6 Å². The molecule has 1 N–H and O–H groups in total. The highest BCUT2D eigenvalue weighted by molar-refractivity contribution is 5.70. The molecule has 2 heterocycles. The van der Waals surface area contributed by atoms with Crippen LogP contribution < -0.4 is 10.1 Å². The van der Waals surface area contributed by atoms with Gasteiger partial charge in [-0.15, -0.1) is 0 Å². The molecule has 1 fully saturated rings. The minimum Gasteiger partial charge on any atom is -0.407 e. The molecule has 140 valence electrons. The molecule has 1 saturated heterocycles. The molecule has 3 rings (SSSR count). The van der Waals surface area contributed by atoms with Crippen LogP contribution in [0.2, 0.25) is 0 Å². The van der Waals surface area contributed by atoms with Crippen LogP contribution in [0, 0.1) is 0 Å². The maximum atomic E-state index is 12.3. The second-order valence-electron chi connectivity index (χ2n) is 6.65. The Bertz CT molecular complexity index is 714. The van der Waals surface area contributed by atoms with Crippen LogP contribution in [0.4, 0.5) is 4.79 Å². The molecule has 1 aromatic heterocycles. The van der Waals surface area contributed by atoms with E-state index in [-0.39, 0.29) is 0 Å². The van der Waals surface area contributed by atoms with E-state index < -0.39 is 6.09 Å². The summed E-state index contributed by atoms with van der Waals surface area (Å²) in [5, 5.41) is 7.34. The number of para-hydroxylation sites is 1. The summed E-state index contributed by atoms with van der Waals surface area (Å²) in [6.07, 6.45) is 5.29. The lowest BCUT2D eigenvalue weighted by Gasteiger charge is -2.22. The molecule has 6 heteroatoms. The van der Waals surface area contributed by atoms with Crippen LogP contribution in [0.15, 0.2) is 36.5 Å². The predicted octanol–water partition coefficient (Wildman–Crippen LogP) is 3.40. The van der Waals surface area contributed by atoms with E-state index in [1.807, 2.05) is 35.0 Å². The van der Waals surface area contributed by atoms with Crippen LogP contribution in [0.3, 0.4) is 0 Å². The summed E-state index contributed by atoms with van der Waals surface area (Å²) in [4.78, 5) is 14.7. The normalized spacial score (nSPS) is 17.4. The van der Waals surface area contributed by atoms with E-state index in [0.29, 0.717) is 18.3 Å². The Labute approximate surface area is 155 Å². The predicted molar refractivity (Wildman–Crippen MR) is 102 cm³/mol. The zero-order valence-corrected chi connectivity index (χ0v) is 15.6. The summed E-state index contributed by atoms with van der Waals surface area (Å²) in [6, 6.07) is 10.3. The first kappa shape index (κ1) is 18.5. The van der Waals surface area contributed by atoms with Crippen molar-refractivity contribution in [2.24, 2.45) is 0 Å². The van der Waals surface area contributed by atoms with Gasteiger partial charge >= 0.3 is 6.09 Å². The average Bonchev–Trinajstić information content (AvgIpc) is 3.28. The van der Waals surface area contributed by atoms with Gasteiger partial charge in [-0.2, -0.15) is 5.10 Å². The Morgan fingerprint density at radius 1 is 1.31 bits per heavy atom. The number of nitrogens with one attached hydrogen (secondary N) is 1. The maximum absolute atomic E-state index is 12.3.